The van der Waals surface area contributed by atoms with Crippen LogP contribution in [0.5, 0.6) is 5.75 Å². The van der Waals surface area contributed by atoms with E-state index in [1.807, 2.05) is 36.4 Å². The van der Waals surface area contributed by atoms with Gasteiger partial charge in [-0.05, 0) is 41.8 Å². The van der Waals surface area contributed by atoms with Gasteiger partial charge in [0.2, 0.25) is 0 Å². The van der Waals surface area contributed by atoms with Gasteiger partial charge in [-0.15, -0.1) is 5.69 Å². The lowest BCUT2D eigenvalue weighted by Gasteiger charge is -2.31. The molecule has 0 saturated carbocycles. The molecule has 0 radical (unpaired) electrons. The van der Waals surface area contributed by atoms with Gasteiger partial charge in [-0.2, -0.15) is 18.3 Å². The second-order valence-electron chi connectivity index (χ2n) is 8.57. The molecule has 0 saturated heterocycles. The molecule has 11 heteroatoms. The maximum absolute atomic E-state index is 12.9. The minimum absolute atomic E-state index is 0.185. The van der Waals surface area contributed by atoms with Gasteiger partial charge in [-0.1, -0.05) is 54.6 Å². The number of aliphatic hydroxyl groups is 1. The van der Waals surface area contributed by atoms with Crippen molar-refractivity contribution in [3.05, 3.63) is 101 Å². The van der Waals surface area contributed by atoms with Gasteiger partial charge < -0.3 is 14.6 Å². The van der Waals surface area contributed by atoms with Crippen LogP contribution in [0.2, 0.25) is 0 Å². The van der Waals surface area contributed by atoms with Crippen molar-refractivity contribution in [1.29, 1.82) is 0 Å². The third-order valence-electron chi connectivity index (χ3n) is 6.15. The topological polar surface area (TPSA) is 95.5 Å². The number of hydrogen-bond acceptors (Lipinski definition) is 5. The largest absolute Gasteiger partial charge is 0.569 e. The first-order valence-corrected chi connectivity index (χ1v) is 12.7. The second kappa shape index (κ2) is 9.56. The predicted molar refractivity (Wildman–Crippen MR) is 131 cm³/mol. The van der Waals surface area contributed by atoms with E-state index in [0.717, 1.165) is 11.4 Å². The minimum atomic E-state index is -5.72. The van der Waals surface area contributed by atoms with E-state index in [2.05, 4.69) is 9.82 Å². The third-order valence-corrected chi connectivity index (χ3v) is 7.17. The average Bonchev–Trinajstić information content (AvgIpc) is 3.34. The SMILES string of the molecule is O=S(=O)([N-]c1ccccc1-c1ccc2c(c1)OCC(Cc1ccnn1-c1ccccc1)C2O)C(F)(F)F. The van der Waals surface area contributed by atoms with Gasteiger partial charge in [-0.25, -0.2) is 13.1 Å². The van der Waals surface area contributed by atoms with Crippen LogP contribution < -0.4 is 4.74 Å². The van der Waals surface area contributed by atoms with Gasteiger partial charge in [0.15, 0.2) is 10.0 Å². The summed E-state index contributed by atoms with van der Waals surface area (Å²) in [5.74, 6) is 0.100. The van der Waals surface area contributed by atoms with Crippen molar-refractivity contribution in [1.82, 2.24) is 9.78 Å². The first kappa shape index (κ1) is 24.8. The van der Waals surface area contributed by atoms with Crippen molar-refractivity contribution in [2.24, 2.45) is 5.92 Å². The summed E-state index contributed by atoms with van der Waals surface area (Å²) in [5, 5.41) is 15.5. The lowest BCUT2D eigenvalue weighted by Crippen LogP contribution is -2.28. The molecule has 0 bridgehead atoms. The predicted octanol–water partition coefficient (Wildman–Crippen LogP) is 5.68. The lowest BCUT2D eigenvalue weighted by atomic mass is 9.88. The Balaban J connectivity index is 1.39. The summed E-state index contributed by atoms with van der Waals surface area (Å²) in [6.07, 6.45) is 1.33. The summed E-state index contributed by atoms with van der Waals surface area (Å²) in [7, 11) is -5.72. The highest BCUT2D eigenvalue weighted by molar-refractivity contribution is 7.95. The molecule has 0 aliphatic carbocycles. The minimum Gasteiger partial charge on any atom is -0.569 e. The number of sulfonamides is 1. The molecule has 192 valence electrons. The molecule has 0 fully saturated rings. The summed E-state index contributed by atoms with van der Waals surface area (Å²) in [5.41, 5.74) is -2.93. The van der Waals surface area contributed by atoms with Crippen LogP contribution in [0.25, 0.3) is 21.5 Å². The number of fused-ring (bicyclic) bond motifs is 1. The van der Waals surface area contributed by atoms with Crippen LogP contribution in [0, 0.1) is 5.92 Å². The molecule has 1 aromatic heterocycles. The van der Waals surface area contributed by atoms with Crippen molar-refractivity contribution in [2.45, 2.75) is 18.0 Å². The van der Waals surface area contributed by atoms with Crippen molar-refractivity contribution in [3.8, 4) is 22.6 Å². The fourth-order valence-electron chi connectivity index (χ4n) is 4.32. The van der Waals surface area contributed by atoms with E-state index in [9.17, 15) is 26.7 Å². The van der Waals surface area contributed by atoms with E-state index >= 15 is 0 Å². The Kier molecular flexibility index (Phi) is 6.42. The summed E-state index contributed by atoms with van der Waals surface area (Å²) in [6, 6.07) is 21.9. The molecular weight excluding hydrogens is 507 g/mol. The Bertz CT molecular complexity index is 1520. The van der Waals surface area contributed by atoms with Crippen molar-refractivity contribution in [3.63, 3.8) is 0 Å². The van der Waals surface area contributed by atoms with E-state index in [0.29, 0.717) is 23.3 Å². The molecule has 2 heterocycles. The quantitative estimate of drug-likeness (QED) is 0.348. The molecule has 3 aromatic carbocycles. The summed E-state index contributed by atoms with van der Waals surface area (Å²) >= 11 is 0. The zero-order chi connectivity index (χ0) is 26.2. The number of para-hydroxylation sites is 1. The number of ether oxygens (including phenoxy) is 1. The number of benzene rings is 3. The van der Waals surface area contributed by atoms with Crippen LogP contribution in [0.3, 0.4) is 0 Å². The van der Waals surface area contributed by atoms with E-state index < -0.39 is 21.6 Å². The third kappa shape index (κ3) is 4.92. The first-order valence-electron chi connectivity index (χ1n) is 11.3. The Morgan fingerprint density at radius 3 is 2.51 bits per heavy atom. The molecule has 37 heavy (non-hydrogen) atoms. The number of rotatable bonds is 6. The molecule has 4 aromatic rings. The van der Waals surface area contributed by atoms with Crippen LogP contribution >= 0.6 is 0 Å². The van der Waals surface area contributed by atoms with Gasteiger partial charge in [0.05, 0.1) is 18.4 Å². The summed E-state index contributed by atoms with van der Waals surface area (Å²) in [6.45, 7) is 0.200. The van der Waals surface area contributed by atoms with E-state index in [1.165, 1.54) is 18.2 Å². The van der Waals surface area contributed by atoms with E-state index in [4.69, 9.17) is 4.74 Å². The highest BCUT2D eigenvalue weighted by atomic mass is 32.2. The van der Waals surface area contributed by atoms with Crippen LogP contribution in [0.15, 0.2) is 85.1 Å². The molecular formula is C26H21F3N3O4S-. The fourth-order valence-corrected chi connectivity index (χ4v) is 4.84. The van der Waals surface area contributed by atoms with Gasteiger partial charge >= 0.3 is 5.51 Å². The highest BCUT2D eigenvalue weighted by Gasteiger charge is 2.39. The second-order valence-corrected chi connectivity index (χ2v) is 10.2. The Labute approximate surface area is 211 Å². The highest BCUT2D eigenvalue weighted by Crippen LogP contribution is 2.43. The summed E-state index contributed by atoms with van der Waals surface area (Å²) in [4.78, 5) is 0. The lowest BCUT2D eigenvalue weighted by molar-refractivity contribution is -0.0425. The van der Waals surface area contributed by atoms with Crippen molar-refractivity contribution < 1.29 is 31.4 Å². The molecule has 7 nitrogen and oxygen atoms in total. The zero-order valence-corrected chi connectivity index (χ0v) is 20.0. The summed E-state index contributed by atoms with van der Waals surface area (Å²) < 4.78 is 72.6. The molecule has 1 aliphatic heterocycles. The number of hydrogen-bond donors (Lipinski definition) is 1. The smallest absolute Gasteiger partial charge is 0.483 e. The number of aromatic nitrogens is 2. The molecule has 2 unspecified atom stereocenters. The molecule has 1 N–H and O–H groups in total. The molecule has 5 rings (SSSR count). The van der Waals surface area contributed by atoms with Crippen LogP contribution in [-0.2, 0) is 16.4 Å². The fraction of sp³-hybridized carbons (Fsp3) is 0.192. The first-order chi connectivity index (χ1) is 17.6. The number of alkyl halides is 3. The maximum Gasteiger partial charge on any atom is 0.483 e. The van der Waals surface area contributed by atoms with Gasteiger partial charge in [0.1, 0.15) is 5.75 Å². The van der Waals surface area contributed by atoms with E-state index in [1.54, 1.807) is 35.1 Å². The van der Waals surface area contributed by atoms with Crippen molar-refractivity contribution in [2.75, 3.05) is 6.61 Å². The molecule has 0 amide bonds. The number of halogens is 3. The Morgan fingerprint density at radius 1 is 1.03 bits per heavy atom. The van der Waals surface area contributed by atoms with Gasteiger partial charge in [0, 0.05) is 23.4 Å². The Hall–Kier alpha value is -3.83. The monoisotopic (exact) mass is 528 g/mol. The normalized spacial score (nSPS) is 17.6. The van der Waals surface area contributed by atoms with Gasteiger partial charge in [0.25, 0.3) is 0 Å². The van der Waals surface area contributed by atoms with Crippen LogP contribution in [0.1, 0.15) is 17.4 Å². The number of aliphatic hydroxyl groups excluding tert-OH is 1. The zero-order valence-electron chi connectivity index (χ0n) is 19.2. The number of nitrogens with zero attached hydrogens (tertiary/aromatic N) is 3. The molecule has 0 spiro atoms. The van der Waals surface area contributed by atoms with Crippen LogP contribution in [0.4, 0.5) is 18.9 Å². The maximum atomic E-state index is 12.9. The standard InChI is InChI=1S/C26H21F3N3O4S/c27-26(28,29)37(34,35)31-23-9-5-4-8-21(23)17-10-11-22-24(15-17)36-16-18(25(22)33)14-20-12-13-30-32(20)19-6-2-1-3-7-19/h1-13,15,18,25,33H,14,16H2/q-1. The molecule has 1 aliphatic rings. The average molecular weight is 529 g/mol. The van der Waals surface area contributed by atoms with E-state index in [-0.39, 0.29) is 23.8 Å². The molecule has 2 atom stereocenters. The van der Waals surface area contributed by atoms with Crippen LogP contribution in [-0.4, -0.2) is 35.4 Å². The Morgan fingerprint density at radius 2 is 1.76 bits per heavy atom. The van der Waals surface area contributed by atoms with Gasteiger partial charge in [-0.3, -0.25) is 0 Å². The van der Waals surface area contributed by atoms with Crippen molar-refractivity contribution >= 4 is 15.7 Å².